The van der Waals surface area contributed by atoms with E-state index in [0.29, 0.717) is 0 Å². The van der Waals surface area contributed by atoms with Gasteiger partial charge in [-0.25, -0.2) is 4.79 Å². The van der Waals surface area contributed by atoms with Crippen LogP contribution in [-0.2, 0) is 9.53 Å². The van der Waals surface area contributed by atoms with Gasteiger partial charge in [-0.2, -0.15) is 0 Å². The van der Waals surface area contributed by atoms with Gasteiger partial charge in [0.25, 0.3) is 11.6 Å². The Hall–Kier alpha value is -3.52. The molecule has 1 aromatic heterocycles. The topological polar surface area (TPSA) is 98.5 Å². The first kappa shape index (κ1) is 19.2. The molecule has 3 rings (SSSR count). The molecule has 0 spiro atoms. The number of nitrogens with one attached hydrogen (secondary N) is 1. The van der Waals surface area contributed by atoms with E-state index in [9.17, 15) is 19.7 Å². The Morgan fingerprint density at radius 3 is 2.54 bits per heavy atom. The number of non-ortho nitro benzene ring substituents is 1. The summed E-state index contributed by atoms with van der Waals surface area (Å²) in [5.41, 5.74) is 0.698. The van der Waals surface area contributed by atoms with Crippen LogP contribution in [0.3, 0.4) is 0 Å². The van der Waals surface area contributed by atoms with Crippen LogP contribution in [0.5, 0.6) is 0 Å². The molecule has 7 nitrogen and oxygen atoms in total. The van der Waals surface area contributed by atoms with Crippen LogP contribution in [0.2, 0.25) is 0 Å². The summed E-state index contributed by atoms with van der Waals surface area (Å²) < 4.78 is 5.01. The quantitative estimate of drug-likeness (QED) is 0.373. The lowest BCUT2D eigenvalue weighted by Crippen LogP contribution is -2.32. The van der Waals surface area contributed by atoms with Crippen molar-refractivity contribution in [2.45, 2.75) is 6.04 Å². The highest BCUT2D eigenvalue weighted by molar-refractivity contribution is 7.10. The summed E-state index contributed by atoms with van der Waals surface area (Å²) >= 11 is 1.51. The molecule has 0 saturated heterocycles. The highest BCUT2D eigenvalue weighted by Gasteiger charge is 2.19. The zero-order valence-corrected chi connectivity index (χ0v) is 15.4. The second-order valence-corrected chi connectivity index (χ2v) is 6.79. The second kappa shape index (κ2) is 8.92. The van der Waals surface area contributed by atoms with Crippen LogP contribution in [0, 0.1) is 10.1 Å². The fourth-order valence-corrected chi connectivity index (χ4v) is 3.39. The van der Waals surface area contributed by atoms with Gasteiger partial charge in [0.2, 0.25) is 0 Å². The highest BCUT2D eigenvalue weighted by atomic mass is 32.1. The summed E-state index contributed by atoms with van der Waals surface area (Å²) in [4.78, 5) is 35.6. The number of carbonyl (C=O) groups excluding carboxylic acids is 2. The van der Waals surface area contributed by atoms with Crippen LogP contribution in [0.1, 0.15) is 26.8 Å². The summed E-state index contributed by atoms with van der Waals surface area (Å²) in [6, 6.07) is 18.1. The van der Waals surface area contributed by atoms with Gasteiger partial charge in [0, 0.05) is 17.0 Å². The van der Waals surface area contributed by atoms with E-state index in [-0.39, 0.29) is 17.3 Å². The molecule has 0 saturated carbocycles. The molecular weight excluding hydrogens is 380 g/mol. The molecule has 28 heavy (non-hydrogen) atoms. The third-order valence-electron chi connectivity index (χ3n) is 3.89. The van der Waals surface area contributed by atoms with Gasteiger partial charge in [0.1, 0.15) is 0 Å². The number of nitrogens with zero attached hydrogens (tertiary/aromatic N) is 1. The van der Waals surface area contributed by atoms with E-state index in [4.69, 9.17) is 4.74 Å². The van der Waals surface area contributed by atoms with Crippen LogP contribution < -0.4 is 5.32 Å². The first-order valence-corrected chi connectivity index (χ1v) is 9.22. The maximum absolute atomic E-state index is 12.3. The molecule has 142 valence electrons. The Bertz CT molecular complexity index is 973. The largest absolute Gasteiger partial charge is 0.452 e. The summed E-state index contributed by atoms with van der Waals surface area (Å²) in [5.74, 6) is -1.27. The van der Waals surface area contributed by atoms with Crippen molar-refractivity contribution in [3.63, 3.8) is 0 Å². The Morgan fingerprint density at radius 2 is 1.86 bits per heavy atom. The number of hydrogen-bond acceptors (Lipinski definition) is 6. The van der Waals surface area contributed by atoms with Crippen molar-refractivity contribution in [3.05, 3.63) is 98.2 Å². The number of rotatable bonds is 7. The second-order valence-electron chi connectivity index (χ2n) is 5.81. The lowest BCUT2D eigenvalue weighted by Gasteiger charge is -2.18. The van der Waals surface area contributed by atoms with Crippen molar-refractivity contribution in [1.82, 2.24) is 5.32 Å². The number of carbonyl (C=O) groups is 2. The Morgan fingerprint density at radius 1 is 1.07 bits per heavy atom. The molecule has 0 fully saturated rings. The van der Waals surface area contributed by atoms with Crippen molar-refractivity contribution in [3.8, 4) is 0 Å². The summed E-state index contributed by atoms with van der Waals surface area (Å²) in [5, 5.41) is 15.6. The lowest BCUT2D eigenvalue weighted by molar-refractivity contribution is -0.384. The number of thiophene rings is 1. The first-order valence-electron chi connectivity index (χ1n) is 8.34. The fraction of sp³-hybridized carbons (Fsp3) is 0.100. The third kappa shape index (κ3) is 4.80. The smallest absolute Gasteiger partial charge is 0.338 e. The summed E-state index contributed by atoms with van der Waals surface area (Å²) in [6.45, 7) is -0.490. The van der Waals surface area contributed by atoms with E-state index in [1.807, 2.05) is 47.8 Å². The molecular formula is C20H16N2O5S. The van der Waals surface area contributed by atoms with E-state index in [0.717, 1.165) is 16.5 Å². The Kier molecular flexibility index (Phi) is 6.13. The number of ether oxygens (including phenoxy) is 1. The third-order valence-corrected chi connectivity index (χ3v) is 4.83. The van der Waals surface area contributed by atoms with Crippen molar-refractivity contribution >= 4 is 28.9 Å². The van der Waals surface area contributed by atoms with Gasteiger partial charge in [-0.15, -0.1) is 11.3 Å². The maximum Gasteiger partial charge on any atom is 0.338 e. The maximum atomic E-state index is 12.3. The first-order chi connectivity index (χ1) is 13.5. The van der Waals surface area contributed by atoms with Crippen LogP contribution in [-0.4, -0.2) is 23.4 Å². The van der Waals surface area contributed by atoms with Gasteiger partial charge in [-0.1, -0.05) is 42.5 Å². The molecule has 1 N–H and O–H groups in total. The van der Waals surface area contributed by atoms with Crippen LogP contribution in [0.4, 0.5) is 5.69 Å². The Labute approximate surface area is 164 Å². The number of nitro groups is 1. The van der Waals surface area contributed by atoms with Gasteiger partial charge in [-0.05, 0) is 23.1 Å². The molecule has 0 bridgehead atoms. The fourth-order valence-electron chi connectivity index (χ4n) is 2.58. The molecule has 1 atom stereocenters. The molecule has 0 aliphatic carbocycles. The van der Waals surface area contributed by atoms with Gasteiger partial charge < -0.3 is 10.1 Å². The highest BCUT2D eigenvalue weighted by Crippen LogP contribution is 2.25. The van der Waals surface area contributed by atoms with E-state index in [2.05, 4.69) is 5.32 Å². The van der Waals surface area contributed by atoms with Crippen LogP contribution >= 0.6 is 11.3 Å². The molecule has 3 aromatic rings. The molecule has 1 amide bonds. The molecule has 1 heterocycles. The van der Waals surface area contributed by atoms with E-state index >= 15 is 0 Å². The van der Waals surface area contributed by atoms with E-state index in [1.165, 1.54) is 29.5 Å². The van der Waals surface area contributed by atoms with Gasteiger partial charge in [0.05, 0.1) is 16.5 Å². The molecule has 8 heteroatoms. The SMILES string of the molecule is O=C(COC(=O)c1cccc([N+](=O)[O-])c1)N[C@@H](c1ccccc1)c1cccs1. The van der Waals surface area contributed by atoms with Crippen LogP contribution in [0.25, 0.3) is 0 Å². The van der Waals surface area contributed by atoms with Crippen LogP contribution in [0.15, 0.2) is 72.1 Å². The molecule has 0 radical (unpaired) electrons. The molecule has 0 aliphatic rings. The predicted molar refractivity (Wildman–Crippen MR) is 104 cm³/mol. The number of esters is 1. The minimum Gasteiger partial charge on any atom is -0.452 e. The zero-order chi connectivity index (χ0) is 19.9. The average Bonchev–Trinajstić information content (AvgIpc) is 3.25. The standard InChI is InChI=1S/C20H16N2O5S/c23-18(13-27-20(24)15-8-4-9-16(12-15)22(25)26)21-19(17-10-5-11-28-17)14-6-2-1-3-7-14/h1-12,19H,13H2,(H,21,23)/t19-/m0/s1. The predicted octanol–water partition coefficient (Wildman–Crippen LogP) is 3.72. The minimum absolute atomic E-state index is 0.0138. The minimum atomic E-state index is -0.800. The average molecular weight is 396 g/mol. The zero-order valence-electron chi connectivity index (χ0n) is 14.6. The lowest BCUT2D eigenvalue weighted by atomic mass is 10.1. The molecule has 0 aliphatic heterocycles. The number of nitro benzene ring substituents is 1. The van der Waals surface area contributed by atoms with Gasteiger partial charge in [-0.3, -0.25) is 14.9 Å². The van der Waals surface area contributed by atoms with E-state index < -0.39 is 23.4 Å². The molecule has 2 aromatic carbocycles. The number of amides is 1. The van der Waals surface area contributed by atoms with Crippen molar-refractivity contribution in [1.29, 1.82) is 0 Å². The number of benzene rings is 2. The normalized spacial score (nSPS) is 11.4. The summed E-state index contributed by atoms with van der Waals surface area (Å²) in [6.07, 6.45) is 0. The Balaban J connectivity index is 1.64. The van der Waals surface area contributed by atoms with Gasteiger partial charge in [0.15, 0.2) is 6.61 Å². The van der Waals surface area contributed by atoms with E-state index in [1.54, 1.807) is 0 Å². The monoisotopic (exact) mass is 396 g/mol. The van der Waals surface area contributed by atoms with Crippen molar-refractivity contribution < 1.29 is 19.2 Å². The number of hydrogen-bond donors (Lipinski definition) is 1. The van der Waals surface area contributed by atoms with Gasteiger partial charge >= 0.3 is 5.97 Å². The molecule has 0 unspecified atom stereocenters. The van der Waals surface area contributed by atoms with Crippen molar-refractivity contribution in [2.75, 3.05) is 6.61 Å². The van der Waals surface area contributed by atoms with Crippen molar-refractivity contribution in [2.24, 2.45) is 0 Å². The summed E-state index contributed by atoms with van der Waals surface area (Å²) in [7, 11) is 0.